The molecular formula is C13H13FN2O. The van der Waals surface area contributed by atoms with Crippen LogP contribution in [0.1, 0.15) is 18.7 Å². The van der Waals surface area contributed by atoms with E-state index in [0.29, 0.717) is 11.5 Å². The van der Waals surface area contributed by atoms with Crippen LogP contribution in [0.5, 0.6) is 11.5 Å². The van der Waals surface area contributed by atoms with Crippen molar-refractivity contribution in [2.24, 2.45) is 5.73 Å². The van der Waals surface area contributed by atoms with E-state index < -0.39 is 0 Å². The third-order valence-corrected chi connectivity index (χ3v) is 2.28. The average molecular weight is 232 g/mol. The lowest BCUT2D eigenvalue weighted by Gasteiger charge is -2.07. The Morgan fingerprint density at radius 2 is 1.76 bits per heavy atom. The first-order valence-corrected chi connectivity index (χ1v) is 5.30. The van der Waals surface area contributed by atoms with E-state index in [9.17, 15) is 4.39 Å². The SMILES string of the molecule is C[C@H](N)c1ccc(Oc2ccc(F)cc2)cn1. The number of aromatic nitrogens is 1. The Morgan fingerprint density at radius 1 is 1.12 bits per heavy atom. The van der Waals surface area contributed by atoms with Crippen molar-refractivity contribution in [3.8, 4) is 11.5 Å². The normalized spacial score (nSPS) is 12.2. The van der Waals surface area contributed by atoms with Gasteiger partial charge in [-0.2, -0.15) is 0 Å². The highest BCUT2D eigenvalue weighted by atomic mass is 19.1. The van der Waals surface area contributed by atoms with Gasteiger partial charge >= 0.3 is 0 Å². The fourth-order valence-electron chi connectivity index (χ4n) is 1.36. The summed E-state index contributed by atoms with van der Waals surface area (Å²) in [6.07, 6.45) is 1.60. The summed E-state index contributed by atoms with van der Waals surface area (Å²) in [6, 6.07) is 9.32. The summed E-state index contributed by atoms with van der Waals surface area (Å²) in [5.74, 6) is 0.880. The minimum Gasteiger partial charge on any atom is -0.456 e. The molecule has 17 heavy (non-hydrogen) atoms. The van der Waals surface area contributed by atoms with E-state index in [2.05, 4.69) is 4.98 Å². The van der Waals surface area contributed by atoms with Gasteiger partial charge in [0.1, 0.15) is 17.3 Å². The summed E-state index contributed by atoms with van der Waals surface area (Å²) in [5.41, 5.74) is 6.49. The maximum atomic E-state index is 12.7. The summed E-state index contributed by atoms with van der Waals surface area (Å²) < 4.78 is 18.2. The van der Waals surface area contributed by atoms with Gasteiger partial charge in [0.05, 0.1) is 11.9 Å². The van der Waals surface area contributed by atoms with Gasteiger partial charge in [-0.1, -0.05) is 0 Å². The predicted octanol–water partition coefficient (Wildman–Crippen LogP) is 3.03. The standard InChI is InChI=1S/C13H13FN2O/c1-9(15)13-7-6-12(8-16-13)17-11-4-2-10(14)3-5-11/h2-9H,15H2,1H3/t9-/m0/s1. The third-order valence-electron chi connectivity index (χ3n) is 2.28. The molecule has 2 aromatic rings. The predicted molar refractivity (Wildman–Crippen MR) is 63.3 cm³/mol. The summed E-state index contributed by atoms with van der Waals surface area (Å²) >= 11 is 0. The molecule has 1 aromatic carbocycles. The van der Waals surface area contributed by atoms with E-state index in [1.807, 2.05) is 13.0 Å². The lowest BCUT2D eigenvalue weighted by atomic mass is 10.2. The molecule has 1 atom stereocenters. The number of nitrogens with two attached hydrogens (primary N) is 1. The summed E-state index contributed by atoms with van der Waals surface area (Å²) in [5, 5.41) is 0. The lowest BCUT2D eigenvalue weighted by Crippen LogP contribution is -2.06. The summed E-state index contributed by atoms with van der Waals surface area (Å²) in [7, 11) is 0. The molecule has 0 saturated carbocycles. The zero-order valence-electron chi connectivity index (χ0n) is 9.43. The van der Waals surface area contributed by atoms with Crippen molar-refractivity contribution in [3.63, 3.8) is 0 Å². The van der Waals surface area contributed by atoms with Crippen LogP contribution in [-0.2, 0) is 0 Å². The van der Waals surface area contributed by atoms with Gasteiger partial charge in [0, 0.05) is 6.04 Å². The van der Waals surface area contributed by atoms with E-state index in [0.717, 1.165) is 5.69 Å². The van der Waals surface area contributed by atoms with Crippen LogP contribution in [0.25, 0.3) is 0 Å². The first-order valence-electron chi connectivity index (χ1n) is 5.30. The molecule has 2 rings (SSSR count). The van der Waals surface area contributed by atoms with Crippen molar-refractivity contribution in [1.29, 1.82) is 0 Å². The Balaban J connectivity index is 2.11. The van der Waals surface area contributed by atoms with Crippen LogP contribution in [0.2, 0.25) is 0 Å². The highest BCUT2D eigenvalue weighted by Crippen LogP contribution is 2.21. The molecule has 0 spiro atoms. The molecule has 1 heterocycles. The Morgan fingerprint density at radius 3 is 2.29 bits per heavy atom. The number of halogens is 1. The van der Waals surface area contributed by atoms with Gasteiger partial charge in [-0.25, -0.2) is 4.39 Å². The summed E-state index contributed by atoms with van der Waals surface area (Å²) in [6.45, 7) is 1.86. The van der Waals surface area contributed by atoms with Crippen molar-refractivity contribution in [2.45, 2.75) is 13.0 Å². The van der Waals surface area contributed by atoms with Crippen molar-refractivity contribution in [2.75, 3.05) is 0 Å². The molecule has 0 bridgehead atoms. The number of ether oxygens (including phenoxy) is 1. The van der Waals surface area contributed by atoms with E-state index in [4.69, 9.17) is 10.5 Å². The molecule has 0 fully saturated rings. The highest BCUT2D eigenvalue weighted by Gasteiger charge is 2.02. The molecule has 1 aromatic heterocycles. The second-order valence-corrected chi connectivity index (χ2v) is 3.76. The maximum absolute atomic E-state index is 12.7. The van der Waals surface area contributed by atoms with Crippen molar-refractivity contribution < 1.29 is 9.13 Å². The summed E-state index contributed by atoms with van der Waals surface area (Å²) in [4.78, 5) is 4.17. The molecule has 0 aliphatic heterocycles. The van der Waals surface area contributed by atoms with E-state index in [-0.39, 0.29) is 11.9 Å². The van der Waals surface area contributed by atoms with Crippen LogP contribution in [0.3, 0.4) is 0 Å². The molecule has 88 valence electrons. The molecule has 2 N–H and O–H groups in total. The zero-order valence-corrected chi connectivity index (χ0v) is 9.43. The number of pyridine rings is 1. The molecule has 0 amide bonds. The molecule has 0 aliphatic rings. The van der Waals surface area contributed by atoms with Crippen LogP contribution < -0.4 is 10.5 Å². The van der Waals surface area contributed by atoms with Crippen LogP contribution in [0, 0.1) is 5.82 Å². The van der Waals surface area contributed by atoms with Crippen molar-refractivity contribution >= 4 is 0 Å². The van der Waals surface area contributed by atoms with Gasteiger partial charge in [0.2, 0.25) is 0 Å². The zero-order chi connectivity index (χ0) is 12.3. The number of benzene rings is 1. The second-order valence-electron chi connectivity index (χ2n) is 3.76. The Bertz CT molecular complexity index is 480. The fraction of sp³-hybridized carbons (Fsp3) is 0.154. The quantitative estimate of drug-likeness (QED) is 0.884. The smallest absolute Gasteiger partial charge is 0.145 e. The topological polar surface area (TPSA) is 48.1 Å². The van der Waals surface area contributed by atoms with Crippen LogP contribution in [0.15, 0.2) is 42.6 Å². The molecule has 0 unspecified atom stereocenters. The van der Waals surface area contributed by atoms with Gasteiger partial charge in [-0.05, 0) is 43.3 Å². The molecule has 0 aliphatic carbocycles. The Labute approximate surface area is 99.1 Å². The molecule has 0 radical (unpaired) electrons. The van der Waals surface area contributed by atoms with Crippen LogP contribution >= 0.6 is 0 Å². The number of rotatable bonds is 3. The minimum atomic E-state index is -0.289. The maximum Gasteiger partial charge on any atom is 0.145 e. The van der Waals surface area contributed by atoms with Crippen molar-refractivity contribution in [1.82, 2.24) is 4.98 Å². The van der Waals surface area contributed by atoms with E-state index in [1.165, 1.54) is 12.1 Å². The van der Waals surface area contributed by atoms with Gasteiger partial charge in [-0.15, -0.1) is 0 Å². The fourth-order valence-corrected chi connectivity index (χ4v) is 1.36. The monoisotopic (exact) mass is 232 g/mol. The highest BCUT2D eigenvalue weighted by molar-refractivity contribution is 5.30. The Hall–Kier alpha value is -1.94. The molecule has 4 heteroatoms. The minimum absolute atomic E-state index is 0.102. The largest absolute Gasteiger partial charge is 0.456 e. The van der Waals surface area contributed by atoms with Crippen molar-refractivity contribution in [3.05, 3.63) is 54.1 Å². The number of hydrogen-bond acceptors (Lipinski definition) is 3. The van der Waals surface area contributed by atoms with E-state index >= 15 is 0 Å². The number of hydrogen-bond donors (Lipinski definition) is 1. The van der Waals surface area contributed by atoms with Crippen LogP contribution in [0.4, 0.5) is 4.39 Å². The second kappa shape index (κ2) is 4.93. The molecular weight excluding hydrogens is 219 g/mol. The first kappa shape index (κ1) is 11.5. The third kappa shape index (κ3) is 3.01. The van der Waals surface area contributed by atoms with Gasteiger partial charge < -0.3 is 10.5 Å². The first-order chi connectivity index (χ1) is 8.15. The lowest BCUT2D eigenvalue weighted by molar-refractivity contribution is 0.477. The average Bonchev–Trinajstić information content (AvgIpc) is 2.33. The Kier molecular flexibility index (Phi) is 3.35. The van der Waals surface area contributed by atoms with E-state index in [1.54, 1.807) is 24.4 Å². The van der Waals surface area contributed by atoms with Gasteiger partial charge in [0.25, 0.3) is 0 Å². The molecule has 0 saturated heterocycles. The van der Waals surface area contributed by atoms with Crippen LogP contribution in [-0.4, -0.2) is 4.98 Å². The number of nitrogens with zero attached hydrogens (tertiary/aromatic N) is 1. The van der Waals surface area contributed by atoms with Gasteiger partial charge in [0.15, 0.2) is 0 Å². The van der Waals surface area contributed by atoms with Gasteiger partial charge in [-0.3, -0.25) is 4.98 Å². The molecule has 3 nitrogen and oxygen atoms in total.